The number of aliphatic hydroxyl groups excluding tert-OH is 1. The summed E-state index contributed by atoms with van der Waals surface area (Å²) in [6.45, 7) is 0. The summed E-state index contributed by atoms with van der Waals surface area (Å²) in [7, 11) is 2.48. The minimum Gasteiger partial charge on any atom is -0.469 e. The average molecular weight is 214 g/mol. The Bertz CT molecular complexity index is 284. The second-order valence-corrected chi connectivity index (χ2v) is 3.33. The first-order valence-electron chi connectivity index (χ1n) is 4.62. The van der Waals surface area contributed by atoms with Crippen LogP contribution in [0.5, 0.6) is 0 Å². The van der Waals surface area contributed by atoms with Crippen LogP contribution in [0.2, 0.25) is 0 Å². The van der Waals surface area contributed by atoms with E-state index in [1.165, 1.54) is 20.3 Å². The Hall–Kier alpha value is -1.36. The number of carbonyl (C=O) groups excluding carboxylic acids is 2. The van der Waals surface area contributed by atoms with Crippen molar-refractivity contribution in [2.24, 2.45) is 11.8 Å². The Labute approximate surface area is 87.7 Å². The van der Waals surface area contributed by atoms with Crippen LogP contribution in [0, 0.1) is 11.8 Å². The van der Waals surface area contributed by atoms with Crippen LogP contribution in [0.15, 0.2) is 12.2 Å². The first-order chi connectivity index (χ1) is 7.11. The van der Waals surface area contributed by atoms with Crippen molar-refractivity contribution in [1.82, 2.24) is 0 Å². The summed E-state index contributed by atoms with van der Waals surface area (Å²) in [6, 6.07) is 0. The molecule has 0 aromatic heterocycles. The second kappa shape index (κ2) is 4.93. The smallest absolute Gasteiger partial charge is 0.312 e. The van der Waals surface area contributed by atoms with Gasteiger partial charge in [-0.25, -0.2) is 0 Å². The molecule has 1 aliphatic carbocycles. The highest BCUT2D eigenvalue weighted by molar-refractivity contribution is 5.83. The topological polar surface area (TPSA) is 72.8 Å². The zero-order chi connectivity index (χ0) is 11.4. The van der Waals surface area contributed by atoms with Gasteiger partial charge in [-0.3, -0.25) is 9.59 Å². The van der Waals surface area contributed by atoms with Gasteiger partial charge in [0.05, 0.1) is 32.2 Å². The first-order valence-corrected chi connectivity index (χ1v) is 4.62. The number of hydrogen-bond acceptors (Lipinski definition) is 5. The Morgan fingerprint density at radius 3 is 2.40 bits per heavy atom. The van der Waals surface area contributed by atoms with Gasteiger partial charge < -0.3 is 14.6 Å². The van der Waals surface area contributed by atoms with Gasteiger partial charge in [-0.1, -0.05) is 12.2 Å². The summed E-state index contributed by atoms with van der Waals surface area (Å²) < 4.78 is 9.12. The van der Waals surface area contributed by atoms with Crippen LogP contribution in [0.3, 0.4) is 0 Å². The van der Waals surface area contributed by atoms with Crippen LogP contribution in [-0.4, -0.2) is 37.4 Å². The third-order valence-electron chi connectivity index (χ3n) is 2.50. The highest BCUT2D eigenvalue weighted by Gasteiger charge is 2.40. The third kappa shape index (κ3) is 2.36. The summed E-state index contributed by atoms with van der Waals surface area (Å²) in [5.41, 5.74) is 0. The molecule has 1 rings (SSSR count). The van der Waals surface area contributed by atoms with E-state index in [0.717, 1.165) is 0 Å². The van der Waals surface area contributed by atoms with E-state index in [0.29, 0.717) is 6.42 Å². The van der Waals surface area contributed by atoms with Crippen molar-refractivity contribution in [1.29, 1.82) is 0 Å². The molecule has 1 N–H and O–H groups in total. The van der Waals surface area contributed by atoms with Gasteiger partial charge in [0.15, 0.2) is 0 Å². The first kappa shape index (κ1) is 11.7. The fourth-order valence-corrected chi connectivity index (χ4v) is 1.70. The van der Waals surface area contributed by atoms with Crippen molar-refractivity contribution in [2.45, 2.75) is 12.5 Å². The normalized spacial score (nSPS) is 29.7. The minimum absolute atomic E-state index is 0.378. The fourth-order valence-electron chi connectivity index (χ4n) is 1.70. The summed E-state index contributed by atoms with van der Waals surface area (Å²) in [6.07, 6.45) is 2.53. The second-order valence-electron chi connectivity index (χ2n) is 3.33. The van der Waals surface area contributed by atoms with E-state index in [1.807, 2.05) is 0 Å². The minimum atomic E-state index is -0.990. The molecule has 0 radical (unpaired) electrons. The van der Waals surface area contributed by atoms with Gasteiger partial charge in [0.2, 0.25) is 0 Å². The number of aliphatic hydroxyl groups is 1. The molecule has 0 spiro atoms. The number of hydrogen-bond donors (Lipinski definition) is 1. The van der Waals surface area contributed by atoms with E-state index in [4.69, 9.17) is 0 Å². The number of carbonyl (C=O) groups is 2. The molecule has 84 valence electrons. The molecule has 5 nitrogen and oxygen atoms in total. The molecule has 15 heavy (non-hydrogen) atoms. The molecule has 0 aliphatic heterocycles. The van der Waals surface area contributed by atoms with Crippen LogP contribution >= 0.6 is 0 Å². The summed E-state index contributed by atoms with van der Waals surface area (Å²) in [4.78, 5) is 22.8. The standard InChI is InChI=1S/C10H14O5/c1-14-9(12)6-4-3-5-7(11)8(6)10(13)15-2/h3,5-8,11H,4H2,1-2H3/t6?,7?,8-/m1/s1. The number of methoxy groups -OCH3 is 2. The lowest BCUT2D eigenvalue weighted by Gasteiger charge is -2.27. The van der Waals surface area contributed by atoms with Crippen molar-refractivity contribution in [3.8, 4) is 0 Å². The van der Waals surface area contributed by atoms with Gasteiger partial charge in [-0.05, 0) is 6.42 Å². The van der Waals surface area contributed by atoms with Crippen LogP contribution in [0.1, 0.15) is 6.42 Å². The van der Waals surface area contributed by atoms with Gasteiger partial charge in [-0.2, -0.15) is 0 Å². The van der Waals surface area contributed by atoms with Crippen molar-refractivity contribution in [3.63, 3.8) is 0 Å². The molecule has 0 aromatic carbocycles. The molecule has 0 heterocycles. The quantitative estimate of drug-likeness (QED) is 0.512. The molecule has 0 saturated carbocycles. The highest BCUT2D eigenvalue weighted by atomic mass is 16.5. The van der Waals surface area contributed by atoms with Crippen molar-refractivity contribution in [2.75, 3.05) is 14.2 Å². The maximum absolute atomic E-state index is 11.4. The Balaban J connectivity index is 2.89. The molecule has 0 bridgehead atoms. The van der Waals surface area contributed by atoms with Crippen LogP contribution < -0.4 is 0 Å². The molecule has 0 saturated heterocycles. The van der Waals surface area contributed by atoms with Crippen molar-refractivity contribution >= 4 is 11.9 Å². The maximum Gasteiger partial charge on any atom is 0.312 e. The number of ether oxygens (including phenoxy) is 2. The lowest BCUT2D eigenvalue weighted by Crippen LogP contribution is -2.40. The largest absolute Gasteiger partial charge is 0.469 e. The summed E-state index contributed by atoms with van der Waals surface area (Å²) >= 11 is 0. The molecule has 0 fully saturated rings. The van der Waals surface area contributed by atoms with Gasteiger partial charge >= 0.3 is 11.9 Å². The SMILES string of the molecule is COC(=O)C1CC=CC(O)[C@@H]1C(=O)OC. The van der Waals surface area contributed by atoms with E-state index in [-0.39, 0.29) is 0 Å². The summed E-state index contributed by atoms with van der Waals surface area (Å²) in [5, 5.41) is 9.59. The third-order valence-corrected chi connectivity index (χ3v) is 2.50. The fraction of sp³-hybridized carbons (Fsp3) is 0.600. The number of rotatable bonds is 2. The molecule has 2 unspecified atom stereocenters. The zero-order valence-electron chi connectivity index (χ0n) is 8.67. The monoisotopic (exact) mass is 214 g/mol. The number of allylic oxidation sites excluding steroid dienone is 1. The Kier molecular flexibility index (Phi) is 3.85. The maximum atomic E-state index is 11.4. The van der Waals surface area contributed by atoms with Crippen molar-refractivity contribution in [3.05, 3.63) is 12.2 Å². The molecular formula is C10H14O5. The predicted molar refractivity (Wildman–Crippen MR) is 50.8 cm³/mol. The molecule has 3 atom stereocenters. The predicted octanol–water partition coefficient (Wildman–Crippen LogP) is -0.114. The molecule has 0 amide bonds. The average Bonchev–Trinajstić information content (AvgIpc) is 2.26. The molecule has 0 aromatic rings. The lowest BCUT2D eigenvalue weighted by molar-refractivity contribution is -0.161. The van der Waals surface area contributed by atoms with Crippen molar-refractivity contribution < 1.29 is 24.2 Å². The van der Waals surface area contributed by atoms with E-state index in [9.17, 15) is 14.7 Å². The van der Waals surface area contributed by atoms with E-state index >= 15 is 0 Å². The zero-order valence-corrected chi connectivity index (χ0v) is 8.67. The van der Waals surface area contributed by atoms with E-state index in [2.05, 4.69) is 9.47 Å². The van der Waals surface area contributed by atoms with Crippen LogP contribution in [0.4, 0.5) is 0 Å². The lowest BCUT2D eigenvalue weighted by atomic mass is 9.81. The van der Waals surface area contributed by atoms with Gasteiger partial charge in [0, 0.05) is 0 Å². The Morgan fingerprint density at radius 1 is 1.27 bits per heavy atom. The van der Waals surface area contributed by atoms with E-state index in [1.54, 1.807) is 6.08 Å². The van der Waals surface area contributed by atoms with E-state index < -0.39 is 29.9 Å². The van der Waals surface area contributed by atoms with Crippen LogP contribution in [0.25, 0.3) is 0 Å². The molecule has 5 heteroatoms. The van der Waals surface area contributed by atoms with Gasteiger partial charge in [0.1, 0.15) is 0 Å². The highest BCUT2D eigenvalue weighted by Crippen LogP contribution is 2.28. The molecule has 1 aliphatic rings. The van der Waals surface area contributed by atoms with Crippen LogP contribution in [-0.2, 0) is 19.1 Å². The Morgan fingerprint density at radius 2 is 1.87 bits per heavy atom. The van der Waals surface area contributed by atoms with Gasteiger partial charge in [-0.15, -0.1) is 0 Å². The number of esters is 2. The van der Waals surface area contributed by atoms with Gasteiger partial charge in [0.25, 0.3) is 0 Å². The summed E-state index contributed by atoms with van der Waals surface area (Å²) in [5.74, 6) is -2.63. The molecular weight excluding hydrogens is 200 g/mol.